The van der Waals surface area contributed by atoms with E-state index in [0.29, 0.717) is 0 Å². The lowest BCUT2D eigenvalue weighted by Crippen LogP contribution is -2.24. The van der Waals surface area contributed by atoms with Crippen molar-refractivity contribution < 1.29 is 4.39 Å². The number of hydrogen-bond donors (Lipinski definition) is 1. The third-order valence-electron chi connectivity index (χ3n) is 3.36. The van der Waals surface area contributed by atoms with Crippen molar-refractivity contribution in [2.75, 3.05) is 6.54 Å². The number of thiazole rings is 1. The lowest BCUT2D eigenvalue weighted by molar-refractivity contribution is 0.526. The molecule has 1 aromatic carbocycles. The number of rotatable bonds is 6. The van der Waals surface area contributed by atoms with Gasteiger partial charge in [0.25, 0.3) is 0 Å². The molecule has 108 valence electrons. The quantitative estimate of drug-likeness (QED) is 0.864. The number of hydrogen-bond acceptors (Lipinski definition) is 3. The van der Waals surface area contributed by atoms with Gasteiger partial charge in [0.15, 0.2) is 0 Å². The van der Waals surface area contributed by atoms with Crippen LogP contribution in [0.1, 0.15) is 40.5 Å². The Morgan fingerprint density at radius 3 is 2.50 bits per heavy atom. The molecule has 0 amide bonds. The molecule has 0 aliphatic carbocycles. The van der Waals surface area contributed by atoms with Crippen LogP contribution in [0.5, 0.6) is 0 Å². The van der Waals surface area contributed by atoms with Gasteiger partial charge in [-0.25, -0.2) is 9.37 Å². The summed E-state index contributed by atoms with van der Waals surface area (Å²) >= 11 is 1.75. The first kappa shape index (κ1) is 15.1. The van der Waals surface area contributed by atoms with Gasteiger partial charge in [-0.2, -0.15) is 0 Å². The van der Waals surface area contributed by atoms with E-state index in [2.05, 4.69) is 24.1 Å². The van der Waals surface area contributed by atoms with E-state index in [1.165, 1.54) is 17.0 Å². The second-order valence-electron chi connectivity index (χ2n) is 5.01. The summed E-state index contributed by atoms with van der Waals surface area (Å²) in [6.07, 6.45) is 1.93. The third-order valence-corrected chi connectivity index (χ3v) is 4.46. The molecule has 2 rings (SSSR count). The fraction of sp³-hybridized carbons (Fsp3) is 0.438. The van der Waals surface area contributed by atoms with E-state index in [1.54, 1.807) is 11.3 Å². The van der Waals surface area contributed by atoms with Crippen molar-refractivity contribution in [1.29, 1.82) is 0 Å². The minimum Gasteiger partial charge on any atom is -0.310 e. The zero-order chi connectivity index (χ0) is 14.5. The van der Waals surface area contributed by atoms with E-state index in [0.717, 1.165) is 35.7 Å². The molecular weight excluding hydrogens is 271 g/mol. The average molecular weight is 292 g/mol. The zero-order valence-electron chi connectivity index (χ0n) is 12.2. The highest BCUT2D eigenvalue weighted by Gasteiger charge is 2.14. The maximum Gasteiger partial charge on any atom is 0.123 e. The van der Waals surface area contributed by atoms with E-state index in [1.807, 2.05) is 19.1 Å². The summed E-state index contributed by atoms with van der Waals surface area (Å²) in [6, 6.07) is 6.95. The molecule has 1 N–H and O–H groups in total. The summed E-state index contributed by atoms with van der Waals surface area (Å²) in [5, 5.41) is 4.66. The molecule has 0 aliphatic rings. The maximum absolute atomic E-state index is 13.1. The number of benzene rings is 1. The van der Waals surface area contributed by atoms with Crippen LogP contribution in [0.2, 0.25) is 0 Å². The molecule has 0 saturated carbocycles. The van der Waals surface area contributed by atoms with E-state index in [-0.39, 0.29) is 11.9 Å². The molecule has 0 radical (unpaired) electrons. The molecule has 1 unspecified atom stereocenters. The first-order valence-corrected chi connectivity index (χ1v) is 7.83. The smallest absolute Gasteiger partial charge is 0.123 e. The molecule has 4 heteroatoms. The van der Waals surface area contributed by atoms with Crippen LogP contribution < -0.4 is 5.32 Å². The largest absolute Gasteiger partial charge is 0.310 e. The minimum absolute atomic E-state index is 0.191. The summed E-state index contributed by atoms with van der Waals surface area (Å²) in [4.78, 5) is 5.88. The monoisotopic (exact) mass is 292 g/mol. The summed E-state index contributed by atoms with van der Waals surface area (Å²) in [5.41, 5.74) is 2.23. The first-order chi connectivity index (χ1) is 9.60. The molecule has 2 nitrogen and oxygen atoms in total. The highest BCUT2D eigenvalue weighted by Crippen LogP contribution is 2.23. The number of halogens is 1. The molecule has 1 heterocycles. The van der Waals surface area contributed by atoms with Crippen LogP contribution in [0.4, 0.5) is 4.39 Å². The second-order valence-corrected chi connectivity index (χ2v) is 6.30. The lowest BCUT2D eigenvalue weighted by atomic mass is 10.0. The van der Waals surface area contributed by atoms with Crippen molar-refractivity contribution in [3.8, 4) is 0 Å². The molecule has 0 aliphatic heterocycles. The Morgan fingerprint density at radius 1 is 1.25 bits per heavy atom. The molecule has 2 aromatic rings. The minimum atomic E-state index is -0.191. The second kappa shape index (κ2) is 6.95. The highest BCUT2D eigenvalue weighted by atomic mass is 32.1. The number of nitrogens with one attached hydrogen (secondary N) is 1. The summed E-state index contributed by atoms with van der Waals surface area (Å²) in [5.74, 6) is -0.191. The van der Waals surface area contributed by atoms with Crippen LogP contribution in [0.15, 0.2) is 24.3 Å². The van der Waals surface area contributed by atoms with Gasteiger partial charge in [-0.1, -0.05) is 19.1 Å². The van der Waals surface area contributed by atoms with Crippen LogP contribution in [-0.2, 0) is 6.42 Å². The fourth-order valence-corrected chi connectivity index (χ4v) is 3.10. The normalized spacial score (nSPS) is 12.6. The Bertz CT molecular complexity index is 529. The van der Waals surface area contributed by atoms with E-state index < -0.39 is 0 Å². The molecule has 20 heavy (non-hydrogen) atoms. The summed E-state index contributed by atoms with van der Waals surface area (Å²) in [7, 11) is 0. The summed E-state index contributed by atoms with van der Waals surface area (Å²) < 4.78 is 13.1. The Labute approximate surface area is 124 Å². The van der Waals surface area contributed by atoms with Gasteiger partial charge in [0.1, 0.15) is 5.82 Å². The zero-order valence-corrected chi connectivity index (χ0v) is 13.1. The van der Waals surface area contributed by atoms with Gasteiger partial charge in [-0.15, -0.1) is 11.3 Å². The van der Waals surface area contributed by atoms with E-state index >= 15 is 0 Å². The van der Waals surface area contributed by atoms with Gasteiger partial charge in [0.2, 0.25) is 0 Å². The van der Waals surface area contributed by atoms with Gasteiger partial charge in [0.05, 0.1) is 10.7 Å². The van der Waals surface area contributed by atoms with Crippen molar-refractivity contribution in [2.45, 2.75) is 39.7 Å². The van der Waals surface area contributed by atoms with Gasteiger partial charge in [-0.3, -0.25) is 0 Å². The molecule has 0 saturated heterocycles. The topological polar surface area (TPSA) is 24.9 Å². The summed E-state index contributed by atoms with van der Waals surface area (Å²) in [6.45, 7) is 7.24. The first-order valence-electron chi connectivity index (χ1n) is 7.02. The van der Waals surface area contributed by atoms with Crippen LogP contribution in [0.3, 0.4) is 0 Å². The van der Waals surface area contributed by atoms with Crippen molar-refractivity contribution in [1.82, 2.24) is 10.3 Å². The molecule has 0 fully saturated rings. The van der Waals surface area contributed by atoms with Crippen LogP contribution in [0.25, 0.3) is 0 Å². The predicted molar refractivity (Wildman–Crippen MR) is 82.7 cm³/mol. The standard InChI is InChI=1S/C16H21FN2S/c1-4-9-18-15(13-5-7-14(17)8-6-13)10-16-19-11(2)12(3)20-16/h5-8,15,18H,4,9-10H2,1-3H3. The number of aromatic nitrogens is 1. The molecule has 1 atom stereocenters. The van der Waals surface area contributed by atoms with Crippen molar-refractivity contribution in [3.05, 3.63) is 51.2 Å². The number of aryl methyl sites for hydroxylation is 2. The molecule has 0 spiro atoms. The third kappa shape index (κ3) is 3.87. The van der Waals surface area contributed by atoms with Crippen LogP contribution in [0, 0.1) is 19.7 Å². The molecule has 1 aromatic heterocycles. The Hall–Kier alpha value is -1.26. The van der Waals surface area contributed by atoms with Gasteiger partial charge >= 0.3 is 0 Å². The van der Waals surface area contributed by atoms with Crippen LogP contribution >= 0.6 is 11.3 Å². The Morgan fingerprint density at radius 2 is 1.95 bits per heavy atom. The van der Waals surface area contributed by atoms with Gasteiger partial charge < -0.3 is 5.32 Å². The van der Waals surface area contributed by atoms with Crippen molar-refractivity contribution >= 4 is 11.3 Å². The predicted octanol–water partition coefficient (Wildman–Crippen LogP) is 4.18. The highest BCUT2D eigenvalue weighted by molar-refractivity contribution is 7.11. The Kier molecular flexibility index (Phi) is 5.26. The SMILES string of the molecule is CCCNC(Cc1nc(C)c(C)s1)c1ccc(F)cc1. The average Bonchev–Trinajstić information content (AvgIpc) is 2.74. The molecule has 0 bridgehead atoms. The van der Waals surface area contributed by atoms with Gasteiger partial charge in [-0.05, 0) is 44.5 Å². The van der Waals surface area contributed by atoms with Crippen LogP contribution in [-0.4, -0.2) is 11.5 Å². The maximum atomic E-state index is 13.1. The van der Waals surface area contributed by atoms with E-state index in [9.17, 15) is 4.39 Å². The number of nitrogens with zero attached hydrogens (tertiary/aromatic N) is 1. The fourth-order valence-electron chi connectivity index (χ4n) is 2.12. The van der Waals surface area contributed by atoms with E-state index in [4.69, 9.17) is 0 Å². The Balaban J connectivity index is 2.16. The van der Waals surface area contributed by atoms with Gasteiger partial charge in [0, 0.05) is 17.3 Å². The molecular formula is C16H21FN2S. The lowest BCUT2D eigenvalue weighted by Gasteiger charge is -2.18. The van der Waals surface area contributed by atoms with Crippen molar-refractivity contribution in [3.63, 3.8) is 0 Å². The van der Waals surface area contributed by atoms with Crippen molar-refractivity contribution in [2.24, 2.45) is 0 Å².